The van der Waals surface area contributed by atoms with Crippen LogP contribution in [0.4, 0.5) is 26.3 Å². The third kappa shape index (κ3) is 11.0. The number of carbonyl (C=O) groups is 1. The molecule has 0 atom stereocenters. The first-order valence-corrected chi connectivity index (χ1v) is 12.1. The van der Waals surface area contributed by atoms with E-state index < -0.39 is 31.1 Å². The van der Waals surface area contributed by atoms with Crippen LogP contribution in [0.3, 0.4) is 0 Å². The predicted molar refractivity (Wildman–Crippen MR) is 105 cm³/mol. The number of halogens is 6. The van der Waals surface area contributed by atoms with Crippen molar-refractivity contribution in [2.75, 3.05) is 32.8 Å². The number of alkyl halides is 6. The molecule has 16 heteroatoms. The van der Waals surface area contributed by atoms with Gasteiger partial charge >= 0.3 is 17.0 Å². The number of rotatable bonds is 11. The summed E-state index contributed by atoms with van der Waals surface area (Å²) in [7, 11) is -13.4. The van der Waals surface area contributed by atoms with Gasteiger partial charge in [0.25, 0.3) is 0 Å². The number of nitrogens with zero attached hydrogens (tertiary/aromatic N) is 2. The highest BCUT2D eigenvalue weighted by Crippen LogP contribution is 2.36. The molecule has 0 saturated heterocycles. The Morgan fingerprint density at radius 2 is 1.25 bits per heavy atom. The minimum absolute atomic E-state index is 0.271. The number of esters is 1. The fourth-order valence-electron chi connectivity index (χ4n) is 2.43. The van der Waals surface area contributed by atoms with Crippen LogP contribution in [0.2, 0.25) is 0 Å². The van der Waals surface area contributed by atoms with Gasteiger partial charge in [-0.05, 0) is 26.7 Å². The standard InChI is InChI=1S/C14H28NO2.C2F6NO4S2/c1-6-9-15(8-3,10-7-2)11-12-17-14(16)13(4)5;3-1(4,5)14(10,11)9-15(12,13)2(6,7)8/h4,6-12H2,1-3,5H3;/q+1;-1. The van der Waals surface area contributed by atoms with Crippen molar-refractivity contribution in [3.05, 3.63) is 16.3 Å². The van der Waals surface area contributed by atoms with Gasteiger partial charge in [-0.1, -0.05) is 20.4 Å². The molecule has 0 unspecified atom stereocenters. The van der Waals surface area contributed by atoms with Gasteiger partial charge in [-0.15, -0.1) is 0 Å². The Hall–Kier alpha value is -1.39. The summed E-state index contributed by atoms with van der Waals surface area (Å²) in [5.74, 6) is -0.271. The van der Waals surface area contributed by atoms with E-state index in [0.717, 1.165) is 34.8 Å². The first kappa shape index (κ1) is 32.8. The van der Waals surface area contributed by atoms with E-state index in [1.54, 1.807) is 6.92 Å². The van der Waals surface area contributed by atoms with Crippen LogP contribution in [0.15, 0.2) is 12.2 Å². The lowest BCUT2D eigenvalue weighted by Crippen LogP contribution is -2.51. The lowest BCUT2D eigenvalue weighted by atomic mass is 10.2. The van der Waals surface area contributed by atoms with Crippen molar-refractivity contribution >= 4 is 26.0 Å². The molecular formula is C16H28F6N2O6S2. The smallest absolute Gasteiger partial charge is 0.456 e. The molecule has 0 amide bonds. The van der Waals surface area contributed by atoms with Gasteiger partial charge < -0.3 is 13.3 Å². The number of carbonyl (C=O) groups excluding carboxylic acids is 1. The normalized spacial score (nSPS) is 13.2. The maximum absolute atomic E-state index is 11.4. The Kier molecular flexibility index (Phi) is 13.1. The summed E-state index contributed by atoms with van der Waals surface area (Å²) in [6, 6.07) is 0. The van der Waals surface area contributed by atoms with Crippen molar-refractivity contribution in [3.63, 3.8) is 0 Å². The Labute approximate surface area is 184 Å². The Morgan fingerprint density at radius 3 is 1.50 bits per heavy atom. The number of hydrogen-bond acceptors (Lipinski definition) is 6. The van der Waals surface area contributed by atoms with Gasteiger partial charge in [0.2, 0.25) is 0 Å². The Bertz CT molecular complexity index is 775. The predicted octanol–water partition coefficient (Wildman–Crippen LogP) is 3.82. The molecule has 0 aliphatic rings. The van der Waals surface area contributed by atoms with E-state index in [1.807, 2.05) is 0 Å². The van der Waals surface area contributed by atoms with Crippen LogP contribution in [0.25, 0.3) is 4.13 Å². The molecule has 0 rings (SSSR count). The van der Waals surface area contributed by atoms with E-state index in [2.05, 4.69) is 27.4 Å². The first-order chi connectivity index (χ1) is 14.2. The zero-order valence-corrected chi connectivity index (χ0v) is 19.7. The maximum Gasteiger partial charge on any atom is 0.480 e. The van der Waals surface area contributed by atoms with Gasteiger partial charge in [-0.2, -0.15) is 26.3 Å². The molecule has 0 aromatic heterocycles. The van der Waals surface area contributed by atoms with Crippen LogP contribution >= 0.6 is 0 Å². The van der Waals surface area contributed by atoms with Gasteiger partial charge in [0.1, 0.15) is 13.2 Å². The van der Waals surface area contributed by atoms with Crippen molar-refractivity contribution in [1.82, 2.24) is 0 Å². The van der Waals surface area contributed by atoms with E-state index in [-0.39, 0.29) is 5.97 Å². The van der Waals surface area contributed by atoms with Crippen molar-refractivity contribution in [3.8, 4) is 0 Å². The topological polar surface area (TPSA) is 109 Å². The van der Waals surface area contributed by atoms with E-state index in [9.17, 15) is 48.0 Å². The summed E-state index contributed by atoms with van der Waals surface area (Å²) < 4.78 is 115. The Balaban J connectivity index is 0. The summed E-state index contributed by atoms with van der Waals surface area (Å²) in [5, 5.41) is 0. The van der Waals surface area contributed by atoms with E-state index in [1.165, 1.54) is 12.8 Å². The van der Waals surface area contributed by atoms with Crippen LogP contribution in [-0.4, -0.2) is 71.1 Å². The second-order valence-electron chi connectivity index (χ2n) is 6.66. The van der Waals surface area contributed by atoms with E-state index >= 15 is 0 Å². The van der Waals surface area contributed by atoms with Crippen LogP contribution < -0.4 is 0 Å². The first-order valence-electron chi connectivity index (χ1n) is 9.26. The second-order valence-corrected chi connectivity index (χ2v) is 10.1. The number of ether oxygens (including phenoxy) is 1. The fraction of sp³-hybridized carbons (Fsp3) is 0.812. The molecule has 8 nitrogen and oxygen atoms in total. The van der Waals surface area contributed by atoms with Gasteiger partial charge in [0, 0.05) is 5.57 Å². The quantitative estimate of drug-likeness (QED) is 0.177. The highest BCUT2D eigenvalue weighted by molar-refractivity contribution is 8.13. The molecule has 0 aromatic rings. The zero-order chi connectivity index (χ0) is 26.0. The molecule has 0 aliphatic carbocycles. The third-order valence-corrected chi connectivity index (χ3v) is 6.74. The number of likely N-dealkylation sites (N-methyl/N-ethyl adjacent to an activating group) is 1. The van der Waals surface area contributed by atoms with Crippen molar-refractivity contribution in [2.24, 2.45) is 0 Å². The highest BCUT2D eigenvalue weighted by atomic mass is 32.3. The second kappa shape index (κ2) is 12.7. The minimum Gasteiger partial charge on any atom is -0.456 e. The van der Waals surface area contributed by atoms with E-state index in [4.69, 9.17) is 4.74 Å². The summed E-state index contributed by atoms with van der Waals surface area (Å²) >= 11 is 0. The molecule has 0 bridgehead atoms. The van der Waals surface area contributed by atoms with Crippen LogP contribution in [0, 0.1) is 0 Å². The zero-order valence-electron chi connectivity index (χ0n) is 18.1. The molecule has 0 aromatic carbocycles. The lowest BCUT2D eigenvalue weighted by Gasteiger charge is -2.37. The molecular weight excluding hydrogens is 494 g/mol. The number of quaternary nitrogens is 1. The SMILES string of the molecule is C=C(C)C(=O)OCC[N+](CC)(CCC)CCC.O=S(=O)([N-]S(=O)(=O)C(F)(F)F)C(F)(F)F. The average molecular weight is 523 g/mol. The maximum atomic E-state index is 11.4. The molecule has 0 saturated carbocycles. The van der Waals surface area contributed by atoms with Crippen molar-refractivity contribution in [1.29, 1.82) is 0 Å². The van der Waals surface area contributed by atoms with Crippen LogP contribution in [0.1, 0.15) is 40.5 Å². The monoisotopic (exact) mass is 522 g/mol. The molecule has 0 spiro atoms. The highest BCUT2D eigenvalue weighted by Gasteiger charge is 2.46. The largest absolute Gasteiger partial charge is 0.480 e. The molecule has 0 radical (unpaired) electrons. The molecule has 0 heterocycles. The van der Waals surface area contributed by atoms with Gasteiger partial charge in [0.15, 0.2) is 20.0 Å². The summed E-state index contributed by atoms with van der Waals surface area (Å²) in [4.78, 5) is 11.3. The minimum atomic E-state index is -6.72. The summed E-state index contributed by atoms with van der Waals surface area (Å²) in [5.41, 5.74) is -11.9. The number of sulfonamides is 2. The fourth-order valence-corrected chi connectivity index (χ4v) is 4.14. The number of hydrogen-bond donors (Lipinski definition) is 0. The summed E-state index contributed by atoms with van der Waals surface area (Å²) in [6.07, 6.45) is 2.34. The van der Waals surface area contributed by atoms with Crippen molar-refractivity contribution < 1.29 is 57.2 Å². The Morgan fingerprint density at radius 1 is 0.875 bits per heavy atom. The molecule has 32 heavy (non-hydrogen) atoms. The molecule has 0 aliphatic heterocycles. The average Bonchev–Trinajstić information content (AvgIpc) is 2.59. The third-order valence-electron chi connectivity index (χ3n) is 4.00. The van der Waals surface area contributed by atoms with E-state index in [0.29, 0.717) is 12.2 Å². The molecule has 0 fully saturated rings. The van der Waals surface area contributed by atoms with Crippen molar-refractivity contribution in [2.45, 2.75) is 51.6 Å². The van der Waals surface area contributed by atoms with Gasteiger partial charge in [-0.25, -0.2) is 21.6 Å². The molecule has 0 N–H and O–H groups in total. The molecule has 192 valence electrons. The summed E-state index contributed by atoms with van der Waals surface area (Å²) in [6.45, 7) is 16.7. The van der Waals surface area contributed by atoms with Gasteiger partial charge in [0.05, 0.1) is 19.6 Å². The van der Waals surface area contributed by atoms with Gasteiger partial charge in [-0.3, -0.25) is 0 Å². The van der Waals surface area contributed by atoms with Crippen LogP contribution in [-0.2, 0) is 29.6 Å². The lowest BCUT2D eigenvalue weighted by molar-refractivity contribution is -0.926. The van der Waals surface area contributed by atoms with Crippen LogP contribution in [0.5, 0.6) is 0 Å².